The van der Waals surface area contributed by atoms with Crippen LogP contribution in [0.1, 0.15) is 37.0 Å². The van der Waals surface area contributed by atoms with Crippen molar-refractivity contribution in [3.05, 3.63) is 48.0 Å². The Morgan fingerprint density at radius 1 is 0.923 bits per heavy atom. The number of rotatable bonds is 9. The number of amides is 1. The van der Waals surface area contributed by atoms with Crippen molar-refractivity contribution in [2.75, 3.05) is 32.3 Å². The van der Waals surface area contributed by atoms with Crippen LogP contribution >= 0.6 is 0 Å². The fraction of sp³-hybridized carbons (Fsp3) is 0.381. The highest BCUT2D eigenvalue weighted by atomic mass is 16.5. The van der Waals surface area contributed by atoms with Gasteiger partial charge in [0.15, 0.2) is 11.5 Å². The maximum Gasteiger partial charge on any atom is 0.258 e. The third-order valence-electron chi connectivity index (χ3n) is 3.87. The Morgan fingerprint density at radius 2 is 1.58 bits per heavy atom. The van der Waals surface area contributed by atoms with Crippen molar-refractivity contribution >= 4 is 11.6 Å². The number of methoxy groups -OCH3 is 1. The molecule has 5 nitrogen and oxygen atoms in total. The van der Waals surface area contributed by atoms with E-state index in [1.807, 2.05) is 38.1 Å². The van der Waals surface area contributed by atoms with Gasteiger partial charge >= 0.3 is 0 Å². The second kappa shape index (κ2) is 9.70. The highest BCUT2D eigenvalue weighted by molar-refractivity contribution is 6.06. The SMILES string of the molecule is CCCOc1ccc(C(=O)N(C)c2ccccc2OC)cc1OCCC. The van der Waals surface area contributed by atoms with E-state index < -0.39 is 0 Å². The Balaban J connectivity index is 2.29. The first-order valence-electron chi connectivity index (χ1n) is 8.93. The van der Waals surface area contributed by atoms with Gasteiger partial charge in [0.2, 0.25) is 0 Å². The van der Waals surface area contributed by atoms with Crippen LogP contribution in [0, 0.1) is 0 Å². The fourth-order valence-electron chi connectivity index (χ4n) is 2.51. The van der Waals surface area contributed by atoms with Gasteiger partial charge in [-0.3, -0.25) is 4.79 Å². The molecule has 0 aliphatic heterocycles. The van der Waals surface area contributed by atoms with Crippen LogP contribution in [0.25, 0.3) is 0 Å². The number of para-hydroxylation sites is 2. The summed E-state index contributed by atoms with van der Waals surface area (Å²) in [7, 11) is 3.32. The van der Waals surface area contributed by atoms with Crippen molar-refractivity contribution in [1.29, 1.82) is 0 Å². The summed E-state index contributed by atoms with van der Waals surface area (Å²) in [5.74, 6) is 1.77. The minimum absolute atomic E-state index is 0.141. The molecule has 26 heavy (non-hydrogen) atoms. The van der Waals surface area contributed by atoms with Gasteiger partial charge in [-0.1, -0.05) is 26.0 Å². The standard InChI is InChI=1S/C21H27NO4/c1-5-13-25-19-12-11-16(15-20(19)26-14-6-2)21(23)22(3)17-9-7-8-10-18(17)24-4/h7-12,15H,5-6,13-14H2,1-4H3. The Kier molecular flexibility index (Phi) is 7.33. The van der Waals surface area contributed by atoms with Crippen molar-refractivity contribution in [3.8, 4) is 17.2 Å². The van der Waals surface area contributed by atoms with Crippen LogP contribution in [0.5, 0.6) is 17.2 Å². The van der Waals surface area contributed by atoms with Gasteiger partial charge in [0, 0.05) is 12.6 Å². The number of carbonyl (C=O) groups is 1. The number of nitrogens with zero attached hydrogens (tertiary/aromatic N) is 1. The molecule has 0 atom stereocenters. The lowest BCUT2D eigenvalue weighted by atomic mass is 10.1. The van der Waals surface area contributed by atoms with Gasteiger partial charge in [0.25, 0.3) is 5.91 Å². The highest BCUT2D eigenvalue weighted by Gasteiger charge is 2.19. The third kappa shape index (κ3) is 4.69. The zero-order chi connectivity index (χ0) is 18.9. The summed E-state index contributed by atoms with van der Waals surface area (Å²) in [5.41, 5.74) is 1.25. The van der Waals surface area contributed by atoms with Crippen LogP contribution in [0.2, 0.25) is 0 Å². The summed E-state index contributed by atoms with van der Waals surface area (Å²) >= 11 is 0. The van der Waals surface area contributed by atoms with Crippen molar-refractivity contribution < 1.29 is 19.0 Å². The average molecular weight is 357 g/mol. The first-order chi connectivity index (χ1) is 12.6. The molecule has 2 aromatic rings. The quantitative estimate of drug-likeness (QED) is 0.661. The Bertz CT molecular complexity index is 730. The molecule has 0 aliphatic rings. The van der Waals surface area contributed by atoms with Crippen molar-refractivity contribution in [3.63, 3.8) is 0 Å². The molecule has 2 rings (SSSR count). The van der Waals surface area contributed by atoms with Crippen molar-refractivity contribution in [2.24, 2.45) is 0 Å². The molecule has 0 saturated heterocycles. The van der Waals surface area contributed by atoms with Crippen LogP contribution in [0.3, 0.4) is 0 Å². The van der Waals surface area contributed by atoms with Gasteiger partial charge in [-0.2, -0.15) is 0 Å². The molecule has 0 aromatic heterocycles. The van der Waals surface area contributed by atoms with Crippen LogP contribution in [0.4, 0.5) is 5.69 Å². The fourth-order valence-corrected chi connectivity index (χ4v) is 2.51. The molecule has 0 spiro atoms. The number of hydrogen-bond donors (Lipinski definition) is 0. The predicted octanol–water partition coefficient (Wildman–Crippen LogP) is 4.55. The van der Waals surface area contributed by atoms with E-state index >= 15 is 0 Å². The number of carbonyl (C=O) groups excluding carboxylic acids is 1. The maximum atomic E-state index is 12.9. The van der Waals surface area contributed by atoms with Gasteiger partial charge in [0.05, 0.1) is 26.0 Å². The molecule has 0 saturated carbocycles. The summed E-state index contributed by atoms with van der Waals surface area (Å²) in [4.78, 5) is 14.5. The molecular weight excluding hydrogens is 330 g/mol. The highest BCUT2D eigenvalue weighted by Crippen LogP contribution is 2.31. The Morgan fingerprint density at radius 3 is 2.23 bits per heavy atom. The summed E-state index contributed by atoms with van der Waals surface area (Å²) in [5, 5.41) is 0. The van der Waals surface area contributed by atoms with Crippen LogP contribution < -0.4 is 19.1 Å². The summed E-state index contributed by atoms with van der Waals surface area (Å²) < 4.78 is 16.9. The van der Waals surface area contributed by atoms with E-state index in [4.69, 9.17) is 14.2 Å². The van der Waals surface area contributed by atoms with Crippen molar-refractivity contribution in [1.82, 2.24) is 0 Å². The molecule has 2 aromatic carbocycles. The predicted molar refractivity (Wildman–Crippen MR) is 104 cm³/mol. The zero-order valence-corrected chi connectivity index (χ0v) is 16.0. The second-order valence-corrected chi connectivity index (χ2v) is 5.89. The number of benzene rings is 2. The van der Waals surface area contributed by atoms with E-state index in [1.165, 1.54) is 0 Å². The van der Waals surface area contributed by atoms with E-state index in [-0.39, 0.29) is 5.91 Å². The van der Waals surface area contributed by atoms with Crippen LogP contribution in [0.15, 0.2) is 42.5 Å². The minimum atomic E-state index is -0.141. The molecule has 5 heteroatoms. The van der Waals surface area contributed by atoms with E-state index in [0.717, 1.165) is 12.8 Å². The largest absolute Gasteiger partial charge is 0.495 e. The van der Waals surface area contributed by atoms with Crippen LogP contribution in [-0.2, 0) is 0 Å². The van der Waals surface area contributed by atoms with Crippen LogP contribution in [-0.4, -0.2) is 33.3 Å². The molecule has 0 radical (unpaired) electrons. The summed E-state index contributed by atoms with van der Waals surface area (Å²) in [6.07, 6.45) is 1.79. The molecule has 0 heterocycles. The molecule has 0 aliphatic carbocycles. The smallest absolute Gasteiger partial charge is 0.258 e. The average Bonchev–Trinajstić information content (AvgIpc) is 2.69. The first kappa shape index (κ1) is 19.6. The first-order valence-corrected chi connectivity index (χ1v) is 8.93. The van der Waals surface area contributed by atoms with E-state index in [2.05, 4.69) is 0 Å². The van der Waals surface area contributed by atoms with Gasteiger partial charge in [-0.05, 0) is 43.2 Å². The molecule has 0 fully saturated rings. The molecule has 0 N–H and O–H groups in total. The molecule has 0 bridgehead atoms. The van der Waals surface area contributed by atoms with E-state index in [1.54, 1.807) is 37.3 Å². The lowest BCUT2D eigenvalue weighted by Crippen LogP contribution is -2.26. The second-order valence-electron chi connectivity index (χ2n) is 5.89. The normalized spacial score (nSPS) is 10.3. The monoisotopic (exact) mass is 357 g/mol. The summed E-state index contributed by atoms with van der Waals surface area (Å²) in [6, 6.07) is 12.7. The minimum Gasteiger partial charge on any atom is -0.495 e. The Hall–Kier alpha value is -2.69. The molecular formula is C21H27NO4. The van der Waals surface area contributed by atoms with Gasteiger partial charge in [-0.15, -0.1) is 0 Å². The number of anilines is 1. The van der Waals surface area contributed by atoms with E-state index in [0.29, 0.717) is 41.7 Å². The van der Waals surface area contributed by atoms with Gasteiger partial charge < -0.3 is 19.1 Å². The Labute approximate surface area is 155 Å². The zero-order valence-electron chi connectivity index (χ0n) is 16.0. The lowest BCUT2D eigenvalue weighted by molar-refractivity contribution is 0.0992. The number of ether oxygens (including phenoxy) is 3. The topological polar surface area (TPSA) is 48.0 Å². The van der Waals surface area contributed by atoms with Gasteiger partial charge in [0.1, 0.15) is 5.75 Å². The van der Waals surface area contributed by atoms with Crippen molar-refractivity contribution in [2.45, 2.75) is 26.7 Å². The van der Waals surface area contributed by atoms with Gasteiger partial charge in [-0.25, -0.2) is 0 Å². The molecule has 1 amide bonds. The lowest BCUT2D eigenvalue weighted by Gasteiger charge is -2.21. The molecule has 140 valence electrons. The maximum absolute atomic E-state index is 12.9. The number of hydrogen-bond acceptors (Lipinski definition) is 4. The van der Waals surface area contributed by atoms with E-state index in [9.17, 15) is 4.79 Å². The third-order valence-corrected chi connectivity index (χ3v) is 3.87. The summed E-state index contributed by atoms with van der Waals surface area (Å²) in [6.45, 7) is 5.27. The molecule has 0 unspecified atom stereocenters.